The molecule has 1 amide bonds. The third kappa shape index (κ3) is 3.18. The van der Waals surface area contributed by atoms with Crippen LogP contribution in [0.2, 0.25) is 0 Å². The molecule has 2 rings (SSSR count). The van der Waals surface area contributed by atoms with Crippen LogP contribution in [0.5, 0.6) is 0 Å². The molecule has 1 aliphatic rings. The Kier molecular flexibility index (Phi) is 3.97. The number of carbonyl (C=O) groups is 1. The molecule has 1 aliphatic heterocycles. The Bertz CT molecular complexity index is 553. The van der Waals surface area contributed by atoms with Crippen LogP contribution >= 0.6 is 0 Å². The maximum atomic E-state index is 13.5. The number of likely N-dealkylation sites (tertiary alicyclic amines) is 1. The maximum Gasteiger partial charge on any atom is 0.412 e. The highest BCUT2D eigenvalue weighted by molar-refractivity contribution is 5.70. The molecule has 1 unspecified atom stereocenters. The van der Waals surface area contributed by atoms with Crippen molar-refractivity contribution in [1.29, 1.82) is 0 Å². The van der Waals surface area contributed by atoms with Crippen molar-refractivity contribution in [2.24, 2.45) is 0 Å². The fourth-order valence-electron chi connectivity index (χ4n) is 2.67. The summed E-state index contributed by atoms with van der Waals surface area (Å²) >= 11 is 0. The minimum absolute atomic E-state index is 0.372. The Hall–Kier alpha value is -1.62. The lowest BCUT2D eigenvalue weighted by Crippen LogP contribution is -2.47. The molecule has 1 aromatic rings. The second-order valence-corrected chi connectivity index (χ2v) is 6.51. The Balaban J connectivity index is 2.36. The average Bonchev–Trinajstić information content (AvgIpc) is 2.73. The van der Waals surface area contributed by atoms with E-state index in [0.717, 1.165) is 5.56 Å². The number of benzene rings is 1. The molecule has 0 spiro atoms. The van der Waals surface area contributed by atoms with E-state index in [2.05, 4.69) is 0 Å². The first-order chi connectivity index (χ1) is 9.63. The topological polar surface area (TPSA) is 49.8 Å². The SMILES string of the molecule is Cc1ccc(F)cc1C1(O)CCCN1C(=O)OC(C)(C)C. The van der Waals surface area contributed by atoms with Crippen LogP contribution in [-0.4, -0.2) is 28.2 Å². The molecule has 0 aromatic heterocycles. The molecule has 4 nitrogen and oxygen atoms in total. The van der Waals surface area contributed by atoms with Gasteiger partial charge >= 0.3 is 6.09 Å². The first-order valence-corrected chi connectivity index (χ1v) is 7.13. The van der Waals surface area contributed by atoms with E-state index in [9.17, 15) is 14.3 Å². The lowest BCUT2D eigenvalue weighted by molar-refractivity contribution is -0.0898. The first-order valence-electron chi connectivity index (χ1n) is 7.13. The van der Waals surface area contributed by atoms with Crippen molar-refractivity contribution in [3.63, 3.8) is 0 Å². The summed E-state index contributed by atoms with van der Waals surface area (Å²) in [7, 11) is 0. The quantitative estimate of drug-likeness (QED) is 0.864. The van der Waals surface area contributed by atoms with Gasteiger partial charge in [-0.25, -0.2) is 9.18 Å². The zero-order valence-corrected chi connectivity index (χ0v) is 12.9. The number of halogens is 1. The number of amides is 1. The second kappa shape index (κ2) is 5.30. The van der Waals surface area contributed by atoms with Crippen LogP contribution in [0, 0.1) is 12.7 Å². The van der Waals surface area contributed by atoms with Crippen molar-refractivity contribution in [2.45, 2.75) is 51.9 Å². The number of ether oxygens (including phenoxy) is 1. The van der Waals surface area contributed by atoms with E-state index >= 15 is 0 Å². The van der Waals surface area contributed by atoms with Gasteiger partial charge in [0.05, 0.1) is 0 Å². The summed E-state index contributed by atoms with van der Waals surface area (Å²) in [6, 6.07) is 4.24. The molecule has 5 heteroatoms. The Morgan fingerprint density at radius 1 is 1.43 bits per heavy atom. The van der Waals surface area contributed by atoms with Crippen LogP contribution in [0.3, 0.4) is 0 Å². The molecule has 0 bridgehead atoms. The van der Waals surface area contributed by atoms with E-state index < -0.39 is 23.2 Å². The first kappa shape index (κ1) is 15.8. The van der Waals surface area contributed by atoms with Gasteiger partial charge in [-0.15, -0.1) is 0 Å². The van der Waals surface area contributed by atoms with Crippen molar-refractivity contribution < 1.29 is 19.0 Å². The van der Waals surface area contributed by atoms with Gasteiger partial charge in [0.15, 0.2) is 5.72 Å². The van der Waals surface area contributed by atoms with E-state index in [1.807, 2.05) is 0 Å². The molecule has 1 heterocycles. The minimum Gasteiger partial charge on any atom is -0.444 e. The maximum absolute atomic E-state index is 13.5. The van der Waals surface area contributed by atoms with Gasteiger partial charge in [-0.05, 0) is 51.8 Å². The molecular weight excluding hydrogens is 273 g/mol. The predicted molar refractivity (Wildman–Crippen MR) is 77.2 cm³/mol. The van der Waals surface area contributed by atoms with Gasteiger partial charge < -0.3 is 9.84 Å². The van der Waals surface area contributed by atoms with Crippen LogP contribution in [0.1, 0.15) is 44.7 Å². The summed E-state index contributed by atoms with van der Waals surface area (Å²) in [6.07, 6.45) is 0.438. The molecule has 0 radical (unpaired) electrons. The fraction of sp³-hybridized carbons (Fsp3) is 0.562. The number of nitrogens with zero attached hydrogens (tertiary/aromatic N) is 1. The van der Waals surface area contributed by atoms with Crippen LogP contribution in [-0.2, 0) is 10.5 Å². The zero-order chi connectivity index (χ0) is 15.8. The lowest BCUT2D eigenvalue weighted by atomic mass is 9.95. The highest BCUT2D eigenvalue weighted by Crippen LogP contribution is 2.39. The Morgan fingerprint density at radius 3 is 2.71 bits per heavy atom. The number of aliphatic hydroxyl groups is 1. The standard InChI is InChI=1S/C16H22FNO3/c1-11-6-7-12(17)10-13(11)16(20)8-5-9-18(16)14(19)21-15(2,3)4/h6-7,10,20H,5,8-9H2,1-4H3. The van der Waals surface area contributed by atoms with Crippen LogP contribution in [0.4, 0.5) is 9.18 Å². The van der Waals surface area contributed by atoms with E-state index in [4.69, 9.17) is 4.74 Å². The molecule has 1 fully saturated rings. The number of rotatable bonds is 1. The summed E-state index contributed by atoms with van der Waals surface area (Å²) < 4.78 is 18.9. The largest absolute Gasteiger partial charge is 0.444 e. The van der Waals surface area contributed by atoms with Gasteiger partial charge in [-0.3, -0.25) is 4.90 Å². The second-order valence-electron chi connectivity index (χ2n) is 6.51. The number of hydrogen-bond donors (Lipinski definition) is 1. The van der Waals surface area contributed by atoms with Gasteiger partial charge in [0, 0.05) is 18.5 Å². The highest BCUT2D eigenvalue weighted by Gasteiger charge is 2.46. The summed E-state index contributed by atoms with van der Waals surface area (Å²) in [4.78, 5) is 13.6. The predicted octanol–water partition coefficient (Wildman–Crippen LogP) is 3.31. The third-order valence-electron chi connectivity index (χ3n) is 3.60. The lowest BCUT2D eigenvalue weighted by Gasteiger charge is -2.36. The molecule has 1 N–H and O–H groups in total. The van der Waals surface area contributed by atoms with Gasteiger partial charge in [-0.1, -0.05) is 6.07 Å². The molecule has 21 heavy (non-hydrogen) atoms. The molecule has 1 atom stereocenters. The molecule has 1 aromatic carbocycles. The summed E-state index contributed by atoms with van der Waals surface area (Å²) in [6.45, 7) is 7.49. The van der Waals surface area contributed by atoms with Gasteiger partial charge in [0.1, 0.15) is 11.4 Å². The van der Waals surface area contributed by atoms with E-state index in [-0.39, 0.29) is 0 Å². The van der Waals surface area contributed by atoms with Crippen molar-refractivity contribution in [1.82, 2.24) is 4.90 Å². The molecular formula is C16H22FNO3. The van der Waals surface area contributed by atoms with Crippen molar-refractivity contribution in [3.8, 4) is 0 Å². The van der Waals surface area contributed by atoms with E-state index in [0.29, 0.717) is 24.9 Å². The minimum atomic E-state index is -1.51. The number of carbonyl (C=O) groups excluding carboxylic acids is 1. The Labute approximate surface area is 124 Å². The third-order valence-corrected chi connectivity index (χ3v) is 3.60. The zero-order valence-electron chi connectivity index (χ0n) is 12.9. The van der Waals surface area contributed by atoms with Gasteiger partial charge in [0.2, 0.25) is 0 Å². The van der Waals surface area contributed by atoms with Crippen LogP contribution < -0.4 is 0 Å². The molecule has 1 saturated heterocycles. The summed E-state index contributed by atoms with van der Waals surface area (Å²) in [5.74, 6) is -0.430. The molecule has 0 saturated carbocycles. The highest BCUT2D eigenvalue weighted by atomic mass is 19.1. The average molecular weight is 295 g/mol. The van der Waals surface area contributed by atoms with E-state index in [1.54, 1.807) is 33.8 Å². The van der Waals surface area contributed by atoms with Crippen molar-refractivity contribution in [2.75, 3.05) is 6.54 Å². The molecule has 116 valence electrons. The summed E-state index contributed by atoms with van der Waals surface area (Å²) in [5.41, 5.74) is -0.980. The number of hydrogen-bond acceptors (Lipinski definition) is 3. The van der Waals surface area contributed by atoms with Crippen LogP contribution in [0.15, 0.2) is 18.2 Å². The van der Waals surface area contributed by atoms with Crippen LogP contribution in [0.25, 0.3) is 0 Å². The molecule has 0 aliphatic carbocycles. The van der Waals surface area contributed by atoms with E-state index in [1.165, 1.54) is 17.0 Å². The Morgan fingerprint density at radius 2 is 2.10 bits per heavy atom. The van der Waals surface area contributed by atoms with Crippen molar-refractivity contribution >= 4 is 6.09 Å². The van der Waals surface area contributed by atoms with Gasteiger partial charge in [-0.2, -0.15) is 0 Å². The van der Waals surface area contributed by atoms with Crippen molar-refractivity contribution in [3.05, 3.63) is 35.1 Å². The van der Waals surface area contributed by atoms with Gasteiger partial charge in [0.25, 0.3) is 0 Å². The normalized spacial score (nSPS) is 22.5. The number of aryl methyl sites for hydroxylation is 1. The summed E-state index contributed by atoms with van der Waals surface area (Å²) in [5, 5.41) is 11.0. The smallest absolute Gasteiger partial charge is 0.412 e. The fourth-order valence-corrected chi connectivity index (χ4v) is 2.67. The monoisotopic (exact) mass is 295 g/mol.